The van der Waals surface area contributed by atoms with E-state index >= 15 is 0 Å². The fourth-order valence-electron chi connectivity index (χ4n) is 8.84. The average Bonchev–Trinajstić information content (AvgIpc) is 3.92. The molecule has 0 amide bonds. The van der Waals surface area contributed by atoms with Gasteiger partial charge in [0.25, 0.3) is 0 Å². The molecule has 4 heterocycles. The van der Waals surface area contributed by atoms with E-state index in [4.69, 9.17) is 18.3 Å². The second-order valence-electron chi connectivity index (χ2n) is 15.6. The summed E-state index contributed by atoms with van der Waals surface area (Å²) in [5, 5.41) is 3.13. The molecule has 7 aromatic carbocycles. The van der Waals surface area contributed by atoms with Gasteiger partial charge in [0.2, 0.25) is 0 Å². The second-order valence-corrected chi connectivity index (χ2v) is 15.6. The van der Waals surface area contributed by atoms with Gasteiger partial charge in [0, 0.05) is 90.8 Å². The number of hydrogen-bond acceptors (Lipinski definition) is 6. The topological polar surface area (TPSA) is 51.2 Å². The van der Waals surface area contributed by atoms with Gasteiger partial charge in [-0.3, -0.25) is 0 Å². The van der Waals surface area contributed by atoms with Crippen LogP contribution in [0.1, 0.15) is 22.3 Å². The van der Waals surface area contributed by atoms with Crippen LogP contribution in [-0.4, -0.2) is 0 Å². The lowest BCUT2D eigenvalue weighted by atomic mass is 9.85. The van der Waals surface area contributed by atoms with Gasteiger partial charge in [0.1, 0.15) is 39.8 Å². The molecular weight excluding hydrogens is 789 g/mol. The van der Waals surface area contributed by atoms with Crippen molar-refractivity contribution >= 4 is 73.1 Å². The Kier molecular flexibility index (Phi) is 9.32. The van der Waals surface area contributed by atoms with Crippen LogP contribution in [0.25, 0.3) is 61.4 Å². The minimum absolute atomic E-state index is 0.520. The molecule has 306 valence electrons. The SMILES string of the molecule is C=CC=CC=CN(c1ccc2c(c1)OC(=C)c1c-2ccc2c1C(=C)c1ccc(N(C(C=C)=Cc3coc4ccccc34)c3ccccc3)cc1O2)c1ccc2oc3ccccc3c2c1. The van der Waals surface area contributed by atoms with Gasteiger partial charge in [-0.25, -0.2) is 0 Å². The zero-order chi connectivity index (χ0) is 43.3. The summed E-state index contributed by atoms with van der Waals surface area (Å²) in [6.07, 6.45) is 15.4. The van der Waals surface area contributed by atoms with Crippen molar-refractivity contribution in [2.24, 2.45) is 0 Å². The lowest BCUT2D eigenvalue weighted by Crippen LogP contribution is -2.16. The van der Waals surface area contributed by atoms with E-state index < -0.39 is 0 Å². The molecule has 0 saturated carbocycles. The molecule has 6 heteroatoms. The predicted molar refractivity (Wildman–Crippen MR) is 263 cm³/mol. The van der Waals surface area contributed by atoms with Crippen LogP contribution in [0.15, 0.2) is 229 Å². The summed E-state index contributed by atoms with van der Waals surface area (Å²) < 4.78 is 25.5. The Hall–Kier alpha value is -8.74. The molecule has 0 saturated heterocycles. The normalized spacial score (nSPS) is 13.1. The van der Waals surface area contributed by atoms with Gasteiger partial charge in [-0.05, 0) is 108 Å². The lowest BCUT2D eigenvalue weighted by molar-refractivity contribution is 0.471. The van der Waals surface area contributed by atoms with Gasteiger partial charge in [-0.15, -0.1) is 0 Å². The molecule has 64 heavy (non-hydrogen) atoms. The van der Waals surface area contributed by atoms with Crippen molar-refractivity contribution in [2.45, 2.75) is 0 Å². The molecule has 9 aromatic rings. The van der Waals surface area contributed by atoms with E-state index in [1.165, 1.54) is 0 Å². The average molecular weight is 829 g/mol. The first-order valence-corrected chi connectivity index (χ1v) is 21.0. The molecule has 0 bridgehead atoms. The van der Waals surface area contributed by atoms with Crippen LogP contribution < -0.4 is 19.3 Å². The zero-order valence-electron chi connectivity index (χ0n) is 34.8. The third-order valence-electron chi connectivity index (χ3n) is 11.8. The number of nitrogens with zero attached hydrogens (tertiary/aromatic N) is 2. The highest BCUT2D eigenvalue weighted by Crippen LogP contribution is 2.53. The van der Waals surface area contributed by atoms with Crippen molar-refractivity contribution in [1.82, 2.24) is 0 Å². The van der Waals surface area contributed by atoms with Crippen molar-refractivity contribution in [3.8, 4) is 28.4 Å². The van der Waals surface area contributed by atoms with Gasteiger partial charge in [0.05, 0.1) is 6.26 Å². The number of ether oxygens (including phenoxy) is 2. The Labute approximate surface area is 370 Å². The fraction of sp³-hybridized carbons (Fsp3) is 0. The van der Waals surface area contributed by atoms with E-state index in [9.17, 15) is 0 Å². The molecule has 2 aliphatic rings. The van der Waals surface area contributed by atoms with Gasteiger partial charge in [-0.2, -0.15) is 0 Å². The van der Waals surface area contributed by atoms with Crippen LogP contribution in [0, 0.1) is 0 Å². The first kappa shape index (κ1) is 38.2. The first-order valence-electron chi connectivity index (χ1n) is 21.0. The number of furan rings is 2. The van der Waals surface area contributed by atoms with Crippen LogP contribution in [0.3, 0.4) is 0 Å². The number of rotatable bonds is 10. The Morgan fingerprint density at radius 3 is 2.05 bits per heavy atom. The van der Waals surface area contributed by atoms with Crippen molar-refractivity contribution in [1.29, 1.82) is 0 Å². The maximum atomic E-state index is 6.78. The maximum absolute atomic E-state index is 6.78. The van der Waals surface area contributed by atoms with Crippen LogP contribution >= 0.6 is 0 Å². The third kappa shape index (κ3) is 6.44. The molecule has 2 aromatic heterocycles. The molecule has 0 fully saturated rings. The van der Waals surface area contributed by atoms with E-state index in [0.29, 0.717) is 23.0 Å². The summed E-state index contributed by atoms with van der Waals surface area (Å²) in [7, 11) is 0. The van der Waals surface area contributed by atoms with E-state index in [2.05, 4.69) is 121 Å². The molecule has 0 radical (unpaired) electrons. The minimum Gasteiger partial charge on any atom is -0.464 e. The molecule has 0 unspecified atom stereocenters. The van der Waals surface area contributed by atoms with E-state index in [-0.39, 0.29) is 0 Å². The highest BCUT2D eigenvalue weighted by molar-refractivity contribution is 6.06. The molecular formula is C58H40N2O4. The van der Waals surface area contributed by atoms with Gasteiger partial charge in [0.15, 0.2) is 0 Å². The van der Waals surface area contributed by atoms with Crippen molar-refractivity contribution in [3.05, 3.63) is 243 Å². The molecule has 0 aliphatic carbocycles. The molecule has 0 atom stereocenters. The minimum atomic E-state index is 0.520. The highest BCUT2D eigenvalue weighted by Gasteiger charge is 2.32. The number of fused-ring (bicyclic) bond motifs is 10. The molecule has 11 rings (SSSR count). The Bertz CT molecular complexity index is 3490. The van der Waals surface area contributed by atoms with Crippen molar-refractivity contribution in [3.63, 3.8) is 0 Å². The van der Waals surface area contributed by atoms with E-state index in [1.807, 2.05) is 97.2 Å². The Morgan fingerprint density at radius 2 is 1.20 bits per heavy atom. The fourth-order valence-corrected chi connectivity index (χ4v) is 8.84. The smallest absolute Gasteiger partial charge is 0.137 e. The summed E-state index contributed by atoms with van der Waals surface area (Å²) in [6.45, 7) is 17.2. The lowest BCUT2D eigenvalue weighted by Gasteiger charge is -2.32. The third-order valence-corrected chi connectivity index (χ3v) is 11.8. The van der Waals surface area contributed by atoms with Gasteiger partial charge < -0.3 is 28.1 Å². The number of para-hydroxylation sites is 3. The van der Waals surface area contributed by atoms with Crippen molar-refractivity contribution in [2.75, 3.05) is 9.80 Å². The summed E-state index contributed by atoms with van der Waals surface area (Å²) >= 11 is 0. The number of hydrogen-bond donors (Lipinski definition) is 0. The highest BCUT2D eigenvalue weighted by atomic mass is 16.5. The molecule has 2 aliphatic heterocycles. The summed E-state index contributed by atoms with van der Waals surface area (Å²) in [4.78, 5) is 4.30. The molecule has 0 N–H and O–H groups in total. The van der Waals surface area contributed by atoms with E-state index in [1.54, 1.807) is 12.3 Å². The number of allylic oxidation sites excluding steroid dienone is 5. The Morgan fingerprint density at radius 1 is 0.516 bits per heavy atom. The van der Waals surface area contributed by atoms with Crippen molar-refractivity contribution < 1.29 is 18.3 Å². The van der Waals surface area contributed by atoms with Crippen LogP contribution in [0.4, 0.5) is 22.7 Å². The maximum Gasteiger partial charge on any atom is 0.137 e. The first-order chi connectivity index (χ1) is 31.5. The van der Waals surface area contributed by atoms with Crippen LogP contribution in [-0.2, 0) is 0 Å². The predicted octanol–water partition coefficient (Wildman–Crippen LogP) is 16.3. The quantitative estimate of drug-likeness (QED) is 0.128. The largest absolute Gasteiger partial charge is 0.464 e. The summed E-state index contributed by atoms with van der Waals surface area (Å²) in [5.41, 5.74) is 13.5. The standard InChI is InChI=1S/C58H40N2O4/c1-5-7-8-16-31-59(42-25-29-53-50(33-42)47-20-13-15-22-52(47)63-53)43-23-27-48-49-28-30-54-57(58(49)38(4)62-56(48)34-43)37(3)45-26-24-44(35-55(45)64-54)60(41-17-10-9-11-18-41)40(6-2)32-39-36-61-51-21-14-12-19-46(39)51/h5-36H,1-4H2. The van der Waals surface area contributed by atoms with E-state index in [0.717, 1.165) is 100 Å². The molecule has 0 spiro atoms. The number of anilines is 4. The van der Waals surface area contributed by atoms with Gasteiger partial charge in [-0.1, -0.05) is 99.1 Å². The van der Waals surface area contributed by atoms with Crippen LogP contribution in [0.2, 0.25) is 0 Å². The molecule has 6 nitrogen and oxygen atoms in total. The zero-order valence-corrected chi connectivity index (χ0v) is 34.8. The van der Waals surface area contributed by atoms with Crippen LogP contribution in [0.5, 0.6) is 17.2 Å². The van der Waals surface area contributed by atoms with Gasteiger partial charge >= 0.3 is 0 Å². The summed E-state index contributed by atoms with van der Waals surface area (Å²) in [5.74, 6) is 2.59. The monoisotopic (exact) mass is 828 g/mol. The number of benzene rings is 7. The second kappa shape index (κ2) is 15.6. The summed E-state index contributed by atoms with van der Waals surface area (Å²) in [6, 6.07) is 49.2. The Balaban J connectivity index is 0.950.